The second kappa shape index (κ2) is 3.04. The quantitative estimate of drug-likeness (QED) is 0.503. The van der Waals surface area contributed by atoms with Gasteiger partial charge in [0, 0.05) is 12.8 Å². The number of fused-ring (bicyclic) bond motifs is 3. The number of hydrogen-bond acceptors (Lipinski definition) is 1. The molecule has 0 heterocycles. The summed E-state index contributed by atoms with van der Waals surface area (Å²) in [6.45, 7) is 4.07. The van der Waals surface area contributed by atoms with E-state index in [-0.39, 0.29) is 0 Å². The van der Waals surface area contributed by atoms with Gasteiger partial charge >= 0.3 is 0 Å². The molecule has 2 unspecified atom stereocenters. The average Bonchev–Trinajstić information content (AvgIpc) is 2.18. The van der Waals surface area contributed by atoms with Crippen molar-refractivity contribution in [3.63, 3.8) is 0 Å². The molecule has 1 heteroatoms. The van der Waals surface area contributed by atoms with Crippen molar-refractivity contribution in [2.45, 2.75) is 38.5 Å². The van der Waals surface area contributed by atoms with Crippen LogP contribution < -0.4 is 0 Å². The first-order valence-corrected chi connectivity index (χ1v) is 4.92. The van der Waals surface area contributed by atoms with Crippen LogP contribution in [0.3, 0.4) is 0 Å². The summed E-state index contributed by atoms with van der Waals surface area (Å²) in [5, 5.41) is 0. The average molecular weight is 164 g/mol. The lowest BCUT2D eigenvalue weighted by atomic mass is 9.89. The highest BCUT2D eigenvalue weighted by Gasteiger charge is 2.28. The molecule has 2 aliphatic rings. The van der Waals surface area contributed by atoms with E-state index in [0.717, 1.165) is 25.7 Å². The molecule has 0 amide bonds. The van der Waals surface area contributed by atoms with Crippen LogP contribution in [0.4, 0.5) is 0 Å². The van der Waals surface area contributed by atoms with Crippen LogP contribution in [0.15, 0.2) is 12.2 Å². The Balaban J connectivity index is 2.17. The molecule has 2 atom stereocenters. The first-order valence-electron chi connectivity index (χ1n) is 4.92. The normalized spacial score (nSPS) is 36.3. The van der Waals surface area contributed by atoms with Gasteiger partial charge in [-0.15, -0.1) is 0 Å². The van der Waals surface area contributed by atoms with Crippen LogP contribution in [0.25, 0.3) is 0 Å². The number of hydrogen-bond donors (Lipinski definition) is 0. The van der Waals surface area contributed by atoms with E-state index in [1.807, 2.05) is 0 Å². The molecule has 0 radical (unpaired) electrons. The van der Waals surface area contributed by atoms with Crippen molar-refractivity contribution in [2.75, 3.05) is 0 Å². The first-order chi connectivity index (χ1) is 5.74. The molecule has 66 valence electrons. The van der Waals surface area contributed by atoms with E-state index in [9.17, 15) is 4.79 Å². The largest absolute Gasteiger partial charge is 0.300 e. The van der Waals surface area contributed by atoms with Crippen molar-refractivity contribution in [2.24, 2.45) is 11.8 Å². The van der Waals surface area contributed by atoms with Crippen molar-refractivity contribution in [1.82, 2.24) is 0 Å². The molecule has 0 spiro atoms. The van der Waals surface area contributed by atoms with Crippen molar-refractivity contribution in [3.8, 4) is 0 Å². The third-order valence-corrected chi connectivity index (χ3v) is 3.17. The molecule has 12 heavy (non-hydrogen) atoms. The van der Waals surface area contributed by atoms with Crippen LogP contribution in [-0.4, -0.2) is 5.78 Å². The molecule has 2 saturated carbocycles. The highest BCUT2D eigenvalue weighted by molar-refractivity contribution is 5.79. The van der Waals surface area contributed by atoms with E-state index >= 15 is 0 Å². The smallest absolute Gasteiger partial charge is 0.133 e. The Hall–Kier alpha value is -0.590. The van der Waals surface area contributed by atoms with Gasteiger partial charge in [-0.05, 0) is 37.5 Å². The Labute approximate surface area is 73.8 Å². The second-order valence-electron chi connectivity index (χ2n) is 4.41. The van der Waals surface area contributed by atoms with Crippen LogP contribution in [0, 0.1) is 11.8 Å². The lowest BCUT2D eigenvalue weighted by Gasteiger charge is -2.16. The van der Waals surface area contributed by atoms with Crippen LogP contribution in [-0.2, 0) is 4.79 Å². The van der Waals surface area contributed by atoms with Crippen LogP contribution >= 0.6 is 0 Å². The summed E-state index contributed by atoms with van der Waals surface area (Å²) < 4.78 is 0. The Morgan fingerprint density at radius 1 is 1.00 bits per heavy atom. The molecule has 0 N–H and O–H groups in total. The lowest BCUT2D eigenvalue weighted by Crippen LogP contribution is -2.11. The van der Waals surface area contributed by atoms with E-state index < -0.39 is 0 Å². The van der Waals surface area contributed by atoms with Crippen molar-refractivity contribution in [1.29, 1.82) is 0 Å². The number of Topliss-reactive ketones (excluding diaryl/α,β-unsaturated/α-hetero) is 1. The molecule has 0 aromatic heterocycles. The molecule has 2 fully saturated rings. The zero-order chi connectivity index (χ0) is 8.55. The molecule has 1 nitrogen and oxygen atoms in total. The molecule has 0 saturated heterocycles. The zero-order valence-electron chi connectivity index (χ0n) is 7.51. The van der Waals surface area contributed by atoms with E-state index in [4.69, 9.17) is 0 Å². The van der Waals surface area contributed by atoms with Crippen LogP contribution in [0.1, 0.15) is 38.5 Å². The highest BCUT2D eigenvalue weighted by Crippen LogP contribution is 2.37. The maximum atomic E-state index is 11.4. The molecular weight excluding hydrogens is 148 g/mol. The first kappa shape index (κ1) is 8.03. The van der Waals surface area contributed by atoms with Gasteiger partial charge in [-0.25, -0.2) is 0 Å². The summed E-state index contributed by atoms with van der Waals surface area (Å²) >= 11 is 0. The third-order valence-electron chi connectivity index (χ3n) is 3.17. The van der Waals surface area contributed by atoms with Crippen LogP contribution in [0.2, 0.25) is 0 Å². The summed E-state index contributed by atoms with van der Waals surface area (Å²) in [6, 6.07) is 0. The SMILES string of the molecule is C=C1CC2CCC(C1)CC(=O)C2. The summed E-state index contributed by atoms with van der Waals surface area (Å²) in [4.78, 5) is 11.4. The summed E-state index contributed by atoms with van der Waals surface area (Å²) in [6.07, 6.45) is 6.40. The fourth-order valence-corrected chi connectivity index (χ4v) is 2.65. The van der Waals surface area contributed by atoms with Gasteiger partial charge in [0.2, 0.25) is 0 Å². The topological polar surface area (TPSA) is 17.1 Å². The predicted octanol–water partition coefficient (Wildman–Crippen LogP) is 2.71. The molecule has 0 aromatic carbocycles. The van der Waals surface area contributed by atoms with E-state index in [1.54, 1.807) is 0 Å². The van der Waals surface area contributed by atoms with E-state index in [0.29, 0.717) is 17.6 Å². The fraction of sp³-hybridized carbons (Fsp3) is 0.727. The van der Waals surface area contributed by atoms with Gasteiger partial charge in [-0.1, -0.05) is 12.2 Å². The molecule has 0 aliphatic heterocycles. The third kappa shape index (κ3) is 1.60. The van der Waals surface area contributed by atoms with Gasteiger partial charge in [0.25, 0.3) is 0 Å². The van der Waals surface area contributed by atoms with E-state index in [2.05, 4.69) is 6.58 Å². The van der Waals surface area contributed by atoms with Gasteiger partial charge in [-0.3, -0.25) is 4.79 Å². The molecular formula is C11H16O. The number of rotatable bonds is 0. The lowest BCUT2D eigenvalue weighted by molar-refractivity contribution is -0.120. The Morgan fingerprint density at radius 2 is 1.50 bits per heavy atom. The maximum absolute atomic E-state index is 11.4. The summed E-state index contributed by atoms with van der Waals surface area (Å²) in [5.41, 5.74) is 1.38. The fourth-order valence-electron chi connectivity index (χ4n) is 2.65. The zero-order valence-corrected chi connectivity index (χ0v) is 7.51. The van der Waals surface area contributed by atoms with Gasteiger partial charge in [0.15, 0.2) is 0 Å². The predicted molar refractivity (Wildman–Crippen MR) is 48.8 cm³/mol. The summed E-state index contributed by atoms with van der Waals surface area (Å²) in [5.74, 6) is 1.77. The Kier molecular flexibility index (Phi) is 2.03. The minimum atomic E-state index is 0.495. The van der Waals surface area contributed by atoms with E-state index in [1.165, 1.54) is 18.4 Å². The molecule has 2 rings (SSSR count). The Morgan fingerprint density at radius 3 is 2.00 bits per heavy atom. The minimum Gasteiger partial charge on any atom is -0.300 e. The minimum absolute atomic E-state index is 0.495. The van der Waals surface area contributed by atoms with Crippen LogP contribution in [0.5, 0.6) is 0 Å². The number of carbonyl (C=O) groups is 1. The second-order valence-corrected chi connectivity index (χ2v) is 4.41. The van der Waals surface area contributed by atoms with Gasteiger partial charge in [0.1, 0.15) is 5.78 Å². The number of ketones is 1. The van der Waals surface area contributed by atoms with Crippen molar-refractivity contribution >= 4 is 5.78 Å². The van der Waals surface area contributed by atoms with Gasteiger partial charge < -0.3 is 0 Å². The van der Waals surface area contributed by atoms with Gasteiger partial charge in [0.05, 0.1) is 0 Å². The molecule has 2 aliphatic carbocycles. The van der Waals surface area contributed by atoms with Crippen molar-refractivity contribution in [3.05, 3.63) is 12.2 Å². The summed E-state index contributed by atoms with van der Waals surface area (Å²) in [7, 11) is 0. The molecule has 2 bridgehead atoms. The highest BCUT2D eigenvalue weighted by atomic mass is 16.1. The maximum Gasteiger partial charge on any atom is 0.133 e. The van der Waals surface area contributed by atoms with Crippen molar-refractivity contribution < 1.29 is 4.79 Å². The number of carbonyl (C=O) groups excluding carboxylic acids is 1. The number of allylic oxidation sites excluding steroid dienone is 1. The Bertz CT molecular complexity index is 177. The van der Waals surface area contributed by atoms with Gasteiger partial charge in [-0.2, -0.15) is 0 Å². The standard InChI is InChI=1S/C11H16O/c1-8-4-9-2-3-10(5-8)7-11(12)6-9/h9-10H,1-7H2. The molecule has 0 aromatic rings. The monoisotopic (exact) mass is 164 g/mol.